The quantitative estimate of drug-likeness (QED) is 0.547. The van der Waals surface area contributed by atoms with Crippen LogP contribution < -0.4 is 4.52 Å². The van der Waals surface area contributed by atoms with Gasteiger partial charge in [-0.3, -0.25) is 4.52 Å². The number of phosphoric acid groups is 1. The Kier molecular flexibility index (Phi) is 3.95. The number of para-hydroxylation sites is 1. The Bertz CT molecular complexity index is 638. The zero-order valence-corrected chi connectivity index (χ0v) is 14.9. The van der Waals surface area contributed by atoms with Crippen molar-refractivity contribution in [3.05, 3.63) is 30.3 Å². The molecular formula is C18H23O6P. The van der Waals surface area contributed by atoms with Crippen molar-refractivity contribution in [2.75, 3.05) is 6.61 Å². The third-order valence-corrected chi connectivity index (χ3v) is 7.41. The van der Waals surface area contributed by atoms with E-state index in [2.05, 4.69) is 4.89 Å². The average Bonchev–Trinajstić information content (AvgIpc) is 2.50. The lowest BCUT2D eigenvalue weighted by Gasteiger charge is -2.56. The second-order valence-electron chi connectivity index (χ2n) is 7.96. The summed E-state index contributed by atoms with van der Waals surface area (Å²) in [6.45, 7) is 0.229. The summed E-state index contributed by atoms with van der Waals surface area (Å²) in [6.07, 6.45) is 6.00. The molecule has 1 heterocycles. The third kappa shape index (κ3) is 3.26. The summed E-state index contributed by atoms with van der Waals surface area (Å²) in [7, 11) is -3.82. The van der Waals surface area contributed by atoms with Crippen molar-refractivity contribution in [3.8, 4) is 5.75 Å². The molecule has 4 bridgehead atoms. The maximum atomic E-state index is 13.5. The van der Waals surface area contributed by atoms with Crippen molar-refractivity contribution in [1.82, 2.24) is 0 Å². The van der Waals surface area contributed by atoms with E-state index in [1.165, 1.54) is 19.3 Å². The van der Waals surface area contributed by atoms with Gasteiger partial charge in [0.2, 0.25) is 6.29 Å². The maximum Gasteiger partial charge on any atom is 0.533 e. The van der Waals surface area contributed by atoms with Crippen LogP contribution in [0.25, 0.3) is 0 Å². The van der Waals surface area contributed by atoms with Crippen LogP contribution in [0.1, 0.15) is 38.5 Å². The molecule has 2 atom stereocenters. The summed E-state index contributed by atoms with van der Waals surface area (Å²) >= 11 is 0. The predicted octanol–water partition coefficient (Wildman–Crippen LogP) is 4.46. The molecule has 1 aromatic carbocycles. The van der Waals surface area contributed by atoms with Crippen LogP contribution in [0.4, 0.5) is 0 Å². The molecule has 0 aromatic heterocycles. The van der Waals surface area contributed by atoms with Crippen molar-refractivity contribution in [2.24, 2.45) is 17.8 Å². The Morgan fingerprint density at radius 2 is 1.60 bits per heavy atom. The number of hydrogen-bond donors (Lipinski definition) is 0. The van der Waals surface area contributed by atoms with Gasteiger partial charge < -0.3 is 4.52 Å². The normalized spacial score (nSPS) is 41.1. The van der Waals surface area contributed by atoms with Gasteiger partial charge >= 0.3 is 7.82 Å². The minimum Gasteiger partial charge on any atom is -0.404 e. The maximum absolute atomic E-state index is 13.5. The van der Waals surface area contributed by atoms with Gasteiger partial charge in [-0.05, 0) is 68.4 Å². The van der Waals surface area contributed by atoms with Crippen LogP contribution >= 0.6 is 7.82 Å². The molecule has 5 aliphatic rings. The fourth-order valence-corrected chi connectivity index (χ4v) is 6.95. The Hall–Kier alpha value is -0.910. The summed E-state index contributed by atoms with van der Waals surface area (Å²) in [6, 6.07) is 9.02. The minimum absolute atomic E-state index is 0.229. The Balaban J connectivity index is 1.39. The van der Waals surface area contributed by atoms with Gasteiger partial charge in [0, 0.05) is 0 Å². The summed E-state index contributed by atoms with van der Waals surface area (Å²) in [4.78, 5) is 9.50. The van der Waals surface area contributed by atoms with E-state index in [1.54, 1.807) is 12.1 Å². The van der Waals surface area contributed by atoms with E-state index in [-0.39, 0.29) is 12.2 Å². The number of phosphoric ester groups is 1. The largest absolute Gasteiger partial charge is 0.533 e. The molecule has 1 aliphatic heterocycles. The van der Waals surface area contributed by atoms with Crippen LogP contribution in [0.3, 0.4) is 0 Å². The van der Waals surface area contributed by atoms with Crippen molar-refractivity contribution in [3.63, 3.8) is 0 Å². The minimum atomic E-state index is -3.82. The predicted molar refractivity (Wildman–Crippen MR) is 88.6 cm³/mol. The van der Waals surface area contributed by atoms with Gasteiger partial charge in [-0.2, -0.15) is 0 Å². The summed E-state index contributed by atoms with van der Waals surface area (Å²) < 4.78 is 31.0. The second-order valence-corrected chi connectivity index (χ2v) is 9.43. The van der Waals surface area contributed by atoms with Gasteiger partial charge in [-0.1, -0.05) is 18.2 Å². The average molecular weight is 366 g/mol. The highest BCUT2D eigenvalue weighted by atomic mass is 31.2. The van der Waals surface area contributed by atoms with E-state index >= 15 is 0 Å². The van der Waals surface area contributed by atoms with E-state index < -0.39 is 14.1 Å². The van der Waals surface area contributed by atoms with Gasteiger partial charge in [-0.25, -0.2) is 18.9 Å². The van der Waals surface area contributed by atoms with Gasteiger partial charge in [0.05, 0.1) is 5.60 Å². The zero-order valence-electron chi connectivity index (χ0n) is 14.0. The fourth-order valence-electron chi connectivity index (χ4n) is 5.37. The van der Waals surface area contributed by atoms with Crippen LogP contribution in [0.15, 0.2) is 30.3 Å². The first kappa shape index (κ1) is 16.3. The van der Waals surface area contributed by atoms with Crippen LogP contribution in [0.5, 0.6) is 5.75 Å². The lowest BCUT2D eigenvalue weighted by Crippen LogP contribution is -2.52. The number of benzene rings is 1. The first-order chi connectivity index (χ1) is 12.1. The molecule has 7 heteroatoms. The van der Waals surface area contributed by atoms with Crippen LogP contribution in [0.2, 0.25) is 0 Å². The molecule has 4 aliphatic carbocycles. The topological polar surface area (TPSA) is 63.2 Å². The highest BCUT2D eigenvalue weighted by Gasteiger charge is 2.56. The van der Waals surface area contributed by atoms with Crippen molar-refractivity contribution in [2.45, 2.75) is 50.4 Å². The summed E-state index contributed by atoms with van der Waals surface area (Å²) in [5.41, 5.74) is -0.385. The molecule has 6 nitrogen and oxygen atoms in total. The molecule has 25 heavy (non-hydrogen) atoms. The second kappa shape index (κ2) is 6.07. The Morgan fingerprint density at radius 3 is 2.12 bits per heavy atom. The van der Waals surface area contributed by atoms with Crippen molar-refractivity contribution >= 4 is 7.82 Å². The highest BCUT2D eigenvalue weighted by Crippen LogP contribution is 2.64. The van der Waals surface area contributed by atoms with E-state index in [9.17, 15) is 4.57 Å². The standard InChI is InChI=1S/C18H23O6P/c19-25(23-17-12-20-21-17,22-16-4-2-1-3-5-16)24-18-9-13-6-14(10-18)8-15(7-13)11-18/h1-5,13-15,17H,6-12H2. The van der Waals surface area contributed by atoms with E-state index in [0.29, 0.717) is 23.5 Å². The molecule has 0 radical (unpaired) electrons. The van der Waals surface area contributed by atoms with Crippen LogP contribution in [0, 0.1) is 17.8 Å². The van der Waals surface area contributed by atoms with Gasteiger partial charge in [0.15, 0.2) is 0 Å². The molecule has 1 saturated heterocycles. The first-order valence-corrected chi connectivity index (χ1v) is 10.6. The monoisotopic (exact) mass is 366 g/mol. The molecule has 0 spiro atoms. The molecule has 1 aromatic rings. The van der Waals surface area contributed by atoms with Crippen LogP contribution in [-0.2, 0) is 23.4 Å². The van der Waals surface area contributed by atoms with E-state index in [4.69, 9.17) is 18.5 Å². The van der Waals surface area contributed by atoms with E-state index in [1.807, 2.05) is 18.2 Å². The molecule has 136 valence electrons. The SMILES string of the molecule is O=P(Oc1ccccc1)(OC1COO1)OC12CC3CC(CC(C3)C1)C2. The van der Waals surface area contributed by atoms with Crippen molar-refractivity contribution < 1.29 is 27.9 Å². The van der Waals surface area contributed by atoms with Crippen molar-refractivity contribution in [1.29, 1.82) is 0 Å². The molecule has 5 fully saturated rings. The molecule has 0 N–H and O–H groups in total. The smallest absolute Gasteiger partial charge is 0.404 e. The summed E-state index contributed by atoms with van der Waals surface area (Å²) in [5, 5.41) is 0. The summed E-state index contributed by atoms with van der Waals surface area (Å²) in [5.74, 6) is 2.51. The number of rotatable bonds is 6. The lowest BCUT2D eigenvalue weighted by atomic mass is 9.54. The molecular weight excluding hydrogens is 343 g/mol. The van der Waals surface area contributed by atoms with E-state index in [0.717, 1.165) is 19.3 Å². The lowest BCUT2D eigenvalue weighted by molar-refractivity contribution is -0.468. The Morgan fingerprint density at radius 1 is 1.00 bits per heavy atom. The molecule has 2 unspecified atom stereocenters. The first-order valence-electron chi connectivity index (χ1n) is 9.12. The van der Waals surface area contributed by atoms with Crippen LogP contribution in [-0.4, -0.2) is 18.5 Å². The van der Waals surface area contributed by atoms with Gasteiger partial charge in [0.1, 0.15) is 12.4 Å². The van der Waals surface area contributed by atoms with Gasteiger partial charge in [-0.15, -0.1) is 0 Å². The molecule has 6 rings (SSSR count). The highest BCUT2D eigenvalue weighted by molar-refractivity contribution is 7.49. The molecule has 4 saturated carbocycles. The Labute approximate surface area is 147 Å². The number of hydrogen-bond acceptors (Lipinski definition) is 6. The molecule has 0 amide bonds. The zero-order chi connectivity index (χ0) is 16.9. The fraction of sp³-hybridized carbons (Fsp3) is 0.667. The van der Waals surface area contributed by atoms with Gasteiger partial charge in [0.25, 0.3) is 0 Å². The third-order valence-electron chi connectivity index (χ3n) is 5.87.